The van der Waals surface area contributed by atoms with E-state index in [9.17, 15) is 0 Å². The Labute approximate surface area is 114 Å². The molecule has 6 nitrogen and oxygen atoms in total. The van der Waals surface area contributed by atoms with Crippen LogP contribution in [0.5, 0.6) is 0 Å². The van der Waals surface area contributed by atoms with Gasteiger partial charge in [0.25, 0.3) is 0 Å². The molecule has 1 aromatic heterocycles. The molecule has 2 aliphatic rings. The molecule has 2 aliphatic heterocycles. The largest absolute Gasteiger partial charge is 0.368 e. The third kappa shape index (κ3) is 2.57. The molecule has 2 fully saturated rings. The minimum atomic E-state index is 0.338. The standard InChI is InChI=1S/C13H22N6/c1-10-6-2-3-9-19(10)13-16-11(14)15-12(17-13)18-7-4-5-8-18/h10H,2-9H2,1H3,(H2,14,15,16,17). The number of nitrogen functional groups attached to an aromatic ring is 1. The Morgan fingerprint density at radius 1 is 0.947 bits per heavy atom. The van der Waals surface area contributed by atoms with Crippen LogP contribution in [0.2, 0.25) is 0 Å². The van der Waals surface area contributed by atoms with E-state index >= 15 is 0 Å². The summed E-state index contributed by atoms with van der Waals surface area (Å²) >= 11 is 0. The normalized spacial score (nSPS) is 23.9. The average molecular weight is 262 g/mol. The van der Waals surface area contributed by atoms with Gasteiger partial charge in [0.05, 0.1) is 0 Å². The van der Waals surface area contributed by atoms with Crippen molar-refractivity contribution in [3.05, 3.63) is 0 Å². The maximum atomic E-state index is 5.86. The Kier molecular flexibility index (Phi) is 3.40. The smallest absolute Gasteiger partial charge is 0.232 e. The van der Waals surface area contributed by atoms with Crippen LogP contribution in [-0.4, -0.2) is 40.6 Å². The molecule has 1 unspecified atom stereocenters. The highest BCUT2D eigenvalue weighted by Crippen LogP contribution is 2.24. The maximum Gasteiger partial charge on any atom is 0.232 e. The zero-order valence-electron chi connectivity index (χ0n) is 11.5. The molecule has 3 rings (SSSR count). The molecule has 1 aromatic rings. The van der Waals surface area contributed by atoms with E-state index in [0.717, 1.165) is 31.5 Å². The van der Waals surface area contributed by atoms with E-state index in [4.69, 9.17) is 5.73 Å². The van der Waals surface area contributed by atoms with E-state index in [1.54, 1.807) is 0 Å². The second kappa shape index (κ2) is 5.19. The van der Waals surface area contributed by atoms with Gasteiger partial charge in [0.15, 0.2) is 0 Å². The molecule has 3 heterocycles. The maximum absolute atomic E-state index is 5.86. The number of hydrogen-bond acceptors (Lipinski definition) is 6. The van der Waals surface area contributed by atoms with Crippen LogP contribution in [-0.2, 0) is 0 Å². The minimum Gasteiger partial charge on any atom is -0.368 e. The molecule has 0 amide bonds. The zero-order valence-corrected chi connectivity index (χ0v) is 11.5. The fourth-order valence-corrected chi connectivity index (χ4v) is 2.95. The van der Waals surface area contributed by atoms with E-state index in [2.05, 4.69) is 31.7 Å². The van der Waals surface area contributed by atoms with E-state index in [1.807, 2.05) is 0 Å². The van der Waals surface area contributed by atoms with E-state index < -0.39 is 0 Å². The SMILES string of the molecule is CC1CCCCN1c1nc(N)nc(N2CCCC2)n1. The van der Waals surface area contributed by atoms with Gasteiger partial charge in [-0.05, 0) is 39.0 Å². The molecule has 0 spiro atoms. The predicted molar refractivity (Wildman–Crippen MR) is 76.3 cm³/mol. The van der Waals surface area contributed by atoms with Crippen molar-refractivity contribution >= 4 is 17.8 Å². The first-order valence-corrected chi connectivity index (χ1v) is 7.27. The topological polar surface area (TPSA) is 71.2 Å². The highest BCUT2D eigenvalue weighted by molar-refractivity contribution is 5.44. The van der Waals surface area contributed by atoms with Crippen molar-refractivity contribution in [2.24, 2.45) is 0 Å². The van der Waals surface area contributed by atoms with Crippen LogP contribution in [0.15, 0.2) is 0 Å². The Hall–Kier alpha value is -1.59. The molecule has 6 heteroatoms. The highest BCUT2D eigenvalue weighted by Gasteiger charge is 2.23. The molecule has 0 radical (unpaired) electrons. The molecule has 0 aliphatic carbocycles. The van der Waals surface area contributed by atoms with Gasteiger partial charge >= 0.3 is 0 Å². The molecular formula is C13H22N6. The molecule has 0 bridgehead atoms. The fraction of sp³-hybridized carbons (Fsp3) is 0.769. The van der Waals surface area contributed by atoms with Gasteiger partial charge in [0.1, 0.15) is 0 Å². The van der Waals surface area contributed by atoms with Crippen molar-refractivity contribution in [2.75, 3.05) is 35.2 Å². The summed E-state index contributed by atoms with van der Waals surface area (Å²) in [5, 5.41) is 0. The molecular weight excluding hydrogens is 240 g/mol. The second-order valence-corrected chi connectivity index (χ2v) is 5.53. The summed E-state index contributed by atoms with van der Waals surface area (Å²) < 4.78 is 0. The van der Waals surface area contributed by atoms with Crippen LogP contribution in [0, 0.1) is 0 Å². The number of piperidine rings is 1. The Bertz CT molecular complexity index is 443. The highest BCUT2D eigenvalue weighted by atomic mass is 15.4. The van der Waals surface area contributed by atoms with Crippen LogP contribution in [0.25, 0.3) is 0 Å². The Morgan fingerprint density at radius 2 is 1.63 bits per heavy atom. The lowest BCUT2D eigenvalue weighted by Gasteiger charge is -2.33. The summed E-state index contributed by atoms with van der Waals surface area (Å²) in [7, 11) is 0. The van der Waals surface area contributed by atoms with Crippen LogP contribution in [0.1, 0.15) is 39.0 Å². The van der Waals surface area contributed by atoms with E-state index in [-0.39, 0.29) is 0 Å². The predicted octanol–water partition coefficient (Wildman–Crippen LogP) is 1.43. The summed E-state index contributed by atoms with van der Waals surface area (Å²) in [6, 6.07) is 0.488. The summed E-state index contributed by atoms with van der Waals surface area (Å²) in [6.07, 6.45) is 6.11. The third-order valence-electron chi connectivity index (χ3n) is 4.08. The van der Waals surface area contributed by atoms with Crippen LogP contribution >= 0.6 is 0 Å². The Morgan fingerprint density at radius 3 is 2.37 bits per heavy atom. The van der Waals surface area contributed by atoms with Gasteiger partial charge in [-0.25, -0.2) is 0 Å². The minimum absolute atomic E-state index is 0.338. The summed E-state index contributed by atoms with van der Waals surface area (Å²) in [5.41, 5.74) is 5.86. The molecule has 19 heavy (non-hydrogen) atoms. The van der Waals surface area contributed by atoms with Crippen molar-refractivity contribution in [3.8, 4) is 0 Å². The van der Waals surface area contributed by atoms with Crippen molar-refractivity contribution < 1.29 is 0 Å². The lowest BCUT2D eigenvalue weighted by molar-refractivity contribution is 0.476. The summed E-state index contributed by atoms with van der Waals surface area (Å²) in [4.78, 5) is 17.7. The quantitative estimate of drug-likeness (QED) is 0.869. The summed E-state index contributed by atoms with van der Waals surface area (Å²) in [6.45, 7) is 5.30. The monoisotopic (exact) mass is 262 g/mol. The molecule has 1 atom stereocenters. The number of anilines is 3. The van der Waals surface area contributed by atoms with Gasteiger partial charge < -0.3 is 15.5 Å². The lowest BCUT2D eigenvalue weighted by Crippen LogP contribution is -2.39. The first-order valence-electron chi connectivity index (χ1n) is 7.27. The van der Waals surface area contributed by atoms with Crippen LogP contribution in [0.4, 0.5) is 17.8 Å². The van der Waals surface area contributed by atoms with E-state index in [0.29, 0.717) is 12.0 Å². The van der Waals surface area contributed by atoms with Crippen molar-refractivity contribution in [1.29, 1.82) is 0 Å². The summed E-state index contributed by atoms with van der Waals surface area (Å²) in [5.74, 6) is 1.84. The zero-order chi connectivity index (χ0) is 13.2. The third-order valence-corrected chi connectivity index (χ3v) is 4.08. The van der Waals surface area contributed by atoms with Crippen molar-refractivity contribution in [1.82, 2.24) is 15.0 Å². The lowest BCUT2D eigenvalue weighted by atomic mass is 10.0. The second-order valence-electron chi connectivity index (χ2n) is 5.53. The number of aromatic nitrogens is 3. The van der Waals surface area contributed by atoms with Gasteiger partial charge in [-0.2, -0.15) is 15.0 Å². The molecule has 104 valence electrons. The number of hydrogen-bond donors (Lipinski definition) is 1. The van der Waals surface area contributed by atoms with Crippen molar-refractivity contribution in [2.45, 2.75) is 45.1 Å². The number of rotatable bonds is 2. The van der Waals surface area contributed by atoms with Crippen LogP contribution < -0.4 is 15.5 Å². The first-order chi connectivity index (χ1) is 9.24. The Balaban J connectivity index is 1.88. The molecule has 0 saturated carbocycles. The van der Waals surface area contributed by atoms with Gasteiger partial charge in [-0.3, -0.25) is 0 Å². The van der Waals surface area contributed by atoms with Gasteiger partial charge in [-0.15, -0.1) is 0 Å². The fourth-order valence-electron chi connectivity index (χ4n) is 2.95. The molecule has 2 saturated heterocycles. The molecule has 2 N–H and O–H groups in total. The van der Waals surface area contributed by atoms with Gasteiger partial charge in [0, 0.05) is 25.7 Å². The average Bonchev–Trinajstić information content (AvgIpc) is 2.92. The van der Waals surface area contributed by atoms with Crippen molar-refractivity contribution in [3.63, 3.8) is 0 Å². The first kappa shape index (κ1) is 12.4. The number of nitrogens with two attached hydrogens (primary N) is 1. The molecule has 0 aromatic carbocycles. The number of nitrogens with zero attached hydrogens (tertiary/aromatic N) is 5. The van der Waals surface area contributed by atoms with Gasteiger partial charge in [-0.1, -0.05) is 0 Å². The van der Waals surface area contributed by atoms with E-state index in [1.165, 1.54) is 32.1 Å². The van der Waals surface area contributed by atoms with Crippen LogP contribution in [0.3, 0.4) is 0 Å². The van der Waals surface area contributed by atoms with Gasteiger partial charge in [0.2, 0.25) is 17.8 Å².